The maximum absolute atomic E-state index is 13.4. The number of anilines is 1. The Morgan fingerprint density at radius 3 is 2.84 bits per heavy atom. The van der Waals surface area contributed by atoms with E-state index in [2.05, 4.69) is 27.8 Å². The fourth-order valence-electron chi connectivity index (χ4n) is 3.26. The highest BCUT2D eigenvalue weighted by Gasteiger charge is 2.22. The third-order valence-corrected chi connectivity index (χ3v) is 5.00. The van der Waals surface area contributed by atoms with E-state index in [1.54, 1.807) is 30.5 Å². The summed E-state index contributed by atoms with van der Waals surface area (Å²) in [5, 5.41) is 9.45. The largest absolute Gasteiger partial charge is 0.354 e. The molecule has 1 aliphatic rings. The molecule has 0 spiro atoms. The van der Waals surface area contributed by atoms with Gasteiger partial charge in [0.2, 0.25) is 0 Å². The molecule has 4 nitrogen and oxygen atoms in total. The molecule has 1 aromatic heterocycles. The van der Waals surface area contributed by atoms with E-state index < -0.39 is 0 Å². The number of aromatic nitrogens is 1. The summed E-state index contributed by atoms with van der Waals surface area (Å²) in [5.74, 6) is 0.364. The van der Waals surface area contributed by atoms with Gasteiger partial charge in [0.05, 0.1) is 10.6 Å². The maximum Gasteiger partial charge on any atom is 0.146 e. The molecule has 0 aliphatic carbocycles. The molecule has 1 fully saturated rings. The van der Waals surface area contributed by atoms with Gasteiger partial charge >= 0.3 is 0 Å². The monoisotopic (exact) mass is 358 g/mol. The number of pyridine rings is 1. The normalized spacial score (nSPS) is 17.0. The molecule has 1 atom stereocenters. The van der Waals surface area contributed by atoms with Crippen LogP contribution in [0.3, 0.4) is 0 Å². The van der Waals surface area contributed by atoms with E-state index in [9.17, 15) is 9.65 Å². The highest BCUT2D eigenvalue weighted by Crippen LogP contribution is 2.27. The van der Waals surface area contributed by atoms with Crippen molar-refractivity contribution in [3.05, 3.63) is 58.5 Å². The van der Waals surface area contributed by atoms with Gasteiger partial charge in [-0.25, -0.2) is 9.37 Å². The van der Waals surface area contributed by atoms with Crippen molar-refractivity contribution < 1.29 is 4.39 Å². The summed E-state index contributed by atoms with van der Waals surface area (Å²) in [6.45, 7) is 5.55. The number of hydrogen-bond acceptors (Lipinski definition) is 4. The Hall–Kier alpha value is -2.16. The van der Waals surface area contributed by atoms with Gasteiger partial charge in [0, 0.05) is 38.4 Å². The minimum Gasteiger partial charge on any atom is -0.354 e. The highest BCUT2D eigenvalue weighted by molar-refractivity contribution is 6.30. The zero-order chi connectivity index (χ0) is 17.8. The lowest BCUT2D eigenvalue weighted by molar-refractivity contribution is 0.226. The molecule has 130 valence electrons. The molecule has 0 bridgehead atoms. The summed E-state index contributed by atoms with van der Waals surface area (Å²) < 4.78 is 13.4. The number of nitrogens with zero attached hydrogens (tertiary/aromatic N) is 4. The minimum atomic E-state index is -0.390. The van der Waals surface area contributed by atoms with Gasteiger partial charge in [-0.1, -0.05) is 17.7 Å². The van der Waals surface area contributed by atoms with E-state index in [4.69, 9.17) is 11.6 Å². The molecule has 0 N–H and O–H groups in total. The first-order valence-electron chi connectivity index (χ1n) is 8.39. The molecule has 1 unspecified atom stereocenters. The third kappa shape index (κ3) is 3.92. The second kappa shape index (κ2) is 7.81. The zero-order valence-electron chi connectivity index (χ0n) is 14.1. The molecule has 1 saturated heterocycles. The molecule has 0 amide bonds. The van der Waals surface area contributed by atoms with Crippen LogP contribution in [0.1, 0.15) is 30.5 Å². The first-order chi connectivity index (χ1) is 12.1. The third-order valence-electron chi connectivity index (χ3n) is 4.71. The summed E-state index contributed by atoms with van der Waals surface area (Å²) >= 11 is 5.93. The van der Waals surface area contributed by atoms with Crippen LogP contribution in [0.5, 0.6) is 0 Å². The second-order valence-electron chi connectivity index (χ2n) is 6.21. The van der Waals surface area contributed by atoms with Crippen molar-refractivity contribution in [3.8, 4) is 6.07 Å². The maximum atomic E-state index is 13.4. The number of benzene rings is 1. The average Bonchev–Trinajstić information content (AvgIpc) is 2.89. The smallest absolute Gasteiger partial charge is 0.146 e. The minimum absolute atomic E-state index is 0.150. The Morgan fingerprint density at radius 1 is 1.24 bits per heavy atom. The van der Waals surface area contributed by atoms with Crippen LogP contribution in [-0.4, -0.2) is 36.1 Å². The van der Waals surface area contributed by atoms with Crippen LogP contribution in [-0.2, 0) is 0 Å². The Balaban J connectivity index is 1.73. The Labute approximate surface area is 152 Å². The van der Waals surface area contributed by atoms with Crippen LogP contribution >= 0.6 is 11.6 Å². The van der Waals surface area contributed by atoms with Crippen molar-refractivity contribution in [3.63, 3.8) is 0 Å². The Bertz CT molecular complexity index is 789. The van der Waals surface area contributed by atoms with Gasteiger partial charge in [-0.15, -0.1) is 0 Å². The number of hydrogen-bond donors (Lipinski definition) is 0. The van der Waals surface area contributed by atoms with Crippen LogP contribution in [0.15, 0.2) is 36.5 Å². The van der Waals surface area contributed by atoms with Gasteiger partial charge < -0.3 is 4.90 Å². The lowest BCUT2D eigenvalue weighted by Crippen LogP contribution is -2.33. The zero-order valence-corrected chi connectivity index (χ0v) is 14.9. The predicted octanol–water partition coefficient (Wildman–Crippen LogP) is 4.02. The number of halogens is 2. The van der Waals surface area contributed by atoms with Crippen LogP contribution in [0.25, 0.3) is 0 Å². The first-order valence-corrected chi connectivity index (χ1v) is 8.77. The summed E-state index contributed by atoms with van der Waals surface area (Å²) in [4.78, 5) is 8.92. The molecule has 6 heteroatoms. The second-order valence-corrected chi connectivity index (χ2v) is 6.62. The van der Waals surface area contributed by atoms with E-state index in [0.29, 0.717) is 5.56 Å². The fraction of sp³-hybridized carbons (Fsp3) is 0.368. The lowest BCUT2D eigenvalue weighted by Gasteiger charge is -2.28. The van der Waals surface area contributed by atoms with Crippen molar-refractivity contribution in [1.29, 1.82) is 5.26 Å². The van der Waals surface area contributed by atoms with Crippen molar-refractivity contribution in [2.45, 2.75) is 19.4 Å². The van der Waals surface area contributed by atoms with E-state index in [-0.39, 0.29) is 16.9 Å². The molecule has 0 saturated carbocycles. The number of nitriles is 1. The van der Waals surface area contributed by atoms with Gasteiger partial charge in [0.1, 0.15) is 17.7 Å². The lowest BCUT2D eigenvalue weighted by atomic mass is 10.1. The molecule has 2 aromatic rings. The van der Waals surface area contributed by atoms with Gasteiger partial charge in [0.25, 0.3) is 0 Å². The molecule has 3 rings (SSSR count). The van der Waals surface area contributed by atoms with Crippen LogP contribution in [0.4, 0.5) is 10.2 Å². The molecule has 1 aliphatic heterocycles. The van der Waals surface area contributed by atoms with E-state index >= 15 is 0 Å². The average molecular weight is 359 g/mol. The topological polar surface area (TPSA) is 43.2 Å². The first kappa shape index (κ1) is 17.7. The molecule has 0 radical (unpaired) electrons. The summed E-state index contributed by atoms with van der Waals surface area (Å²) in [6, 6.07) is 10.9. The van der Waals surface area contributed by atoms with Gasteiger partial charge in [-0.2, -0.15) is 5.26 Å². The van der Waals surface area contributed by atoms with Crippen LogP contribution in [0, 0.1) is 17.1 Å². The highest BCUT2D eigenvalue weighted by atomic mass is 35.5. The van der Waals surface area contributed by atoms with Gasteiger partial charge in [-0.3, -0.25) is 4.90 Å². The van der Waals surface area contributed by atoms with E-state index in [0.717, 1.165) is 44.0 Å². The van der Waals surface area contributed by atoms with Crippen molar-refractivity contribution in [2.24, 2.45) is 0 Å². The quantitative estimate of drug-likeness (QED) is 0.831. The Morgan fingerprint density at radius 2 is 2.08 bits per heavy atom. The molecular weight excluding hydrogens is 339 g/mol. The summed E-state index contributed by atoms with van der Waals surface area (Å²) in [5.41, 5.74) is 1.62. The van der Waals surface area contributed by atoms with Crippen LogP contribution < -0.4 is 4.90 Å². The molecular formula is C19H20ClFN4. The molecule has 25 heavy (non-hydrogen) atoms. The van der Waals surface area contributed by atoms with Crippen molar-refractivity contribution in [1.82, 2.24) is 9.88 Å². The number of rotatable bonds is 3. The van der Waals surface area contributed by atoms with Crippen molar-refractivity contribution >= 4 is 17.4 Å². The summed E-state index contributed by atoms with van der Waals surface area (Å²) in [6.07, 6.45) is 2.70. The fourth-order valence-corrected chi connectivity index (χ4v) is 3.44. The van der Waals surface area contributed by atoms with E-state index in [1.165, 1.54) is 6.07 Å². The van der Waals surface area contributed by atoms with Gasteiger partial charge in [-0.05, 0) is 43.2 Å². The molecule has 2 heterocycles. The van der Waals surface area contributed by atoms with Crippen LogP contribution in [0.2, 0.25) is 5.02 Å². The Kier molecular flexibility index (Phi) is 5.52. The summed E-state index contributed by atoms with van der Waals surface area (Å²) in [7, 11) is 0. The molecule has 1 aromatic carbocycles. The predicted molar refractivity (Wildman–Crippen MR) is 97.2 cm³/mol. The van der Waals surface area contributed by atoms with Gasteiger partial charge in [0.15, 0.2) is 0 Å². The SMILES string of the molecule is CC(c1ccc(F)c(Cl)c1)N1CCCN(c2ncccc2C#N)CC1. The van der Waals surface area contributed by atoms with Crippen molar-refractivity contribution in [2.75, 3.05) is 31.1 Å². The van der Waals surface area contributed by atoms with E-state index in [1.807, 2.05) is 0 Å². The standard InChI is InChI=1S/C19H20ClFN4/c1-14(15-5-6-18(21)17(20)12-15)24-8-3-9-25(11-10-24)19-16(13-22)4-2-7-23-19/h2,4-7,12,14H,3,8-11H2,1H3.